The van der Waals surface area contributed by atoms with E-state index in [1.165, 1.54) is 12.1 Å². The SMILES string of the molecule is O=C(O)c1ccc(-c2ccc(/C=C3\SC(=O)N(Cc4ccccc4)C3=S)o2)cc1. The second kappa shape index (κ2) is 8.06. The Hall–Kier alpha value is -3.16. The van der Waals surface area contributed by atoms with Gasteiger partial charge in [-0.2, -0.15) is 0 Å². The Bertz CT molecular complexity index is 1120. The molecule has 0 saturated carbocycles. The van der Waals surface area contributed by atoms with Crippen molar-refractivity contribution in [1.29, 1.82) is 0 Å². The van der Waals surface area contributed by atoms with E-state index in [2.05, 4.69) is 0 Å². The Labute approximate surface area is 176 Å². The second-order valence-corrected chi connectivity index (χ2v) is 7.72. The van der Waals surface area contributed by atoms with Crippen molar-refractivity contribution in [2.75, 3.05) is 0 Å². The lowest BCUT2D eigenvalue weighted by Gasteiger charge is -2.14. The molecule has 1 N–H and O–H groups in total. The minimum absolute atomic E-state index is 0.110. The van der Waals surface area contributed by atoms with Crippen LogP contribution in [-0.2, 0) is 6.54 Å². The lowest BCUT2D eigenvalue weighted by atomic mass is 10.1. The molecule has 2 aromatic carbocycles. The van der Waals surface area contributed by atoms with Crippen molar-refractivity contribution < 1.29 is 19.1 Å². The van der Waals surface area contributed by atoms with Crippen LogP contribution in [0.1, 0.15) is 21.7 Å². The first-order valence-corrected chi connectivity index (χ1v) is 9.96. The van der Waals surface area contributed by atoms with E-state index in [-0.39, 0.29) is 10.8 Å². The van der Waals surface area contributed by atoms with Crippen LogP contribution in [-0.4, -0.2) is 26.2 Å². The first-order chi connectivity index (χ1) is 14.0. The number of carbonyl (C=O) groups is 2. The predicted molar refractivity (Wildman–Crippen MR) is 117 cm³/mol. The van der Waals surface area contributed by atoms with Crippen LogP contribution in [0.3, 0.4) is 0 Å². The zero-order valence-electron chi connectivity index (χ0n) is 15.1. The molecular formula is C22H15NO4S2. The number of benzene rings is 2. The second-order valence-electron chi connectivity index (χ2n) is 6.34. The number of hydrogen-bond donors (Lipinski definition) is 1. The normalized spacial score (nSPS) is 15.3. The number of rotatable bonds is 5. The molecule has 1 aromatic heterocycles. The van der Waals surface area contributed by atoms with E-state index in [0.29, 0.717) is 28.0 Å². The molecule has 4 rings (SSSR count). The van der Waals surface area contributed by atoms with Crippen molar-refractivity contribution in [3.05, 3.63) is 88.5 Å². The summed E-state index contributed by atoms with van der Waals surface area (Å²) < 4.78 is 5.84. The van der Waals surface area contributed by atoms with Crippen molar-refractivity contribution in [2.45, 2.75) is 6.54 Å². The summed E-state index contributed by atoms with van der Waals surface area (Å²) in [6.45, 7) is 0.433. The number of hydrogen-bond acceptors (Lipinski definition) is 5. The number of thiocarbonyl (C=S) groups is 1. The highest BCUT2D eigenvalue weighted by molar-refractivity contribution is 8.19. The number of carboxylic acids is 1. The standard InChI is InChI=1S/C22H15NO4S2/c24-21(25)16-8-6-15(7-9-16)18-11-10-17(27-18)12-19-20(28)23(22(26)29-19)13-14-4-2-1-3-5-14/h1-12H,13H2,(H,24,25)/b19-12-. The molecular weight excluding hydrogens is 406 g/mol. The third kappa shape index (κ3) is 4.16. The maximum atomic E-state index is 12.4. The lowest BCUT2D eigenvalue weighted by Crippen LogP contribution is -2.26. The van der Waals surface area contributed by atoms with Crippen LogP contribution in [0.4, 0.5) is 4.79 Å². The van der Waals surface area contributed by atoms with Gasteiger partial charge in [0, 0.05) is 5.56 Å². The summed E-state index contributed by atoms with van der Waals surface area (Å²) >= 11 is 6.58. The maximum Gasteiger partial charge on any atom is 0.335 e. The Morgan fingerprint density at radius 3 is 2.48 bits per heavy atom. The third-order valence-corrected chi connectivity index (χ3v) is 5.87. The van der Waals surface area contributed by atoms with Crippen LogP contribution < -0.4 is 0 Å². The summed E-state index contributed by atoms with van der Waals surface area (Å²) in [5.41, 5.74) is 1.99. The molecule has 0 atom stereocenters. The highest BCUT2D eigenvalue weighted by Crippen LogP contribution is 2.35. The van der Waals surface area contributed by atoms with E-state index in [4.69, 9.17) is 21.7 Å². The van der Waals surface area contributed by atoms with Crippen LogP contribution in [0.15, 0.2) is 76.1 Å². The van der Waals surface area contributed by atoms with Crippen molar-refractivity contribution >= 4 is 46.3 Å². The minimum atomic E-state index is -0.974. The number of carboxylic acid groups (broad SMARTS) is 1. The van der Waals surface area contributed by atoms with Crippen LogP contribution in [0.5, 0.6) is 0 Å². The van der Waals surface area contributed by atoms with Gasteiger partial charge in [0.25, 0.3) is 5.24 Å². The van der Waals surface area contributed by atoms with Gasteiger partial charge in [0.2, 0.25) is 0 Å². The highest BCUT2D eigenvalue weighted by atomic mass is 32.2. The maximum absolute atomic E-state index is 12.4. The minimum Gasteiger partial charge on any atom is -0.478 e. The van der Waals surface area contributed by atoms with E-state index < -0.39 is 5.97 Å². The molecule has 1 aliphatic heterocycles. The van der Waals surface area contributed by atoms with Gasteiger partial charge in [0.1, 0.15) is 16.5 Å². The Kier molecular flexibility index (Phi) is 5.33. The zero-order valence-corrected chi connectivity index (χ0v) is 16.7. The zero-order chi connectivity index (χ0) is 20.4. The van der Waals surface area contributed by atoms with Crippen LogP contribution in [0, 0.1) is 0 Å². The summed E-state index contributed by atoms with van der Waals surface area (Å²) in [6, 6.07) is 19.7. The average molecular weight is 421 g/mol. The fourth-order valence-electron chi connectivity index (χ4n) is 2.89. The first-order valence-electron chi connectivity index (χ1n) is 8.74. The monoisotopic (exact) mass is 421 g/mol. The van der Waals surface area contributed by atoms with Gasteiger partial charge in [0.15, 0.2) is 0 Å². The fourth-order valence-corrected chi connectivity index (χ4v) is 4.11. The molecule has 7 heteroatoms. The first kappa shape index (κ1) is 19.2. The number of thioether (sulfide) groups is 1. The van der Waals surface area contributed by atoms with E-state index in [1.54, 1.807) is 35.2 Å². The summed E-state index contributed by atoms with van der Waals surface area (Å²) in [5.74, 6) is 0.203. The molecule has 1 aliphatic rings. The summed E-state index contributed by atoms with van der Waals surface area (Å²) in [5, 5.41) is 8.88. The molecule has 1 amide bonds. The largest absolute Gasteiger partial charge is 0.478 e. The van der Waals surface area contributed by atoms with Gasteiger partial charge in [0.05, 0.1) is 17.0 Å². The molecule has 0 aliphatic carbocycles. The summed E-state index contributed by atoms with van der Waals surface area (Å²) in [4.78, 5) is 26.1. The summed E-state index contributed by atoms with van der Waals surface area (Å²) in [6.07, 6.45) is 1.75. The molecule has 29 heavy (non-hydrogen) atoms. The van der Waals surface area contributed by atoms with Gasteiger partial charge < -0.3 is 9.52 Å². The molecule has 1 fully saturated rings. The van der Waals surface area contributed by atoms with Gasteiger partial charge in [-0.15, -0.1) is 0 Å². The van der Waals surface area contributed by atoms with E-state index in [9.17, 15) is 9.59 Å². The molecule has 144 valence electrons. The van der Waals surface area contributed by atoms with Crippen LogP contribution in [0.2, 0.25) is 0 Å². The quantitative estimate of drug-likeness (QED) is 0.422. The van der Waals surface area contributed by atoms with E-state index >= 15 is 0 Å². The van der Waals surface area contributed by atoms with Crippen molar-refractivity contribution in [1.82, 2.24) is 4.90 Å². The van der Waals surface area contributed by atoms with Crippen molar-refractivity contribution in [3.8, 4) is 11.3 Å². The molecule has 0 spiro atoms. The van der Waals surface area contributed by atoms with E-state index in [1.807, 2.05) is 30.3 Å². The molecule has 0 radical (unpaired) electrons. The van der Waals surface area contributed by atoms with Gasteiger partial charge >= 0.3 is 5.97 Å². The topological polar surface area (TPSA) is 70.8 Å². The summed E-state index contributed by atoms with van der Waals surface area (Å²) in [7, 11) is 0. The molecule has 2 heterocycles. The van der Waals surface area contributed by atoms with Crippen LogP contribution >= 0.6 is 24.0 Å². The van der Waals surface area contributed by atoms with Gasteiger partial charge in [-0.1, -0.05) is 54.7 Å². The smallest absolute Gasteiger partial charge is 0.335 e. The average Bonchev–Trinajstić information content (AvgIpc) is 3.29. The number of carbonyl (C=O) groups excluding carboxylic acids is 1. The Morgan fingerprint density at radius 2 is 1.79 bits per heavy atom. The fraction of sp³-hybridized carbons (Fsp3) is 0.0455. The van der Waals surface area contributed by atoms with Gasteiger partial charge in [-0.3, -0.25) is 9.69 Å². The predicted octanol–water partition coefficient (Wildman–Crippen LogP) is 5.68. The van der Waals surface area contributed by atoms with Crippen LogP contribution in [0.25, 0.3) is 17.4 Å². The van der Waals surface area contributed by atoms with E-state index in [0.717, 1.165) is 22.9 Å². The number of furan rings is 1. The molecule has 0 unspecified atom stereocenters. The third-order valence-electron chi connectivity index (χ3n) is 4.37. The number of nitrogens with zero attached hydrogens (tertiary/aromatic N) is 1. The molecule has 3 aromatic rings. The lowest BCUT2D eigenvalue weighted by molar-refractivity contribution is 0.0697. The Morgan fingerprint density at radius 1 is 1.07 bits per heavy atom. The number of amides is 1. The van der Waals surface area contributed by atoms with Crippen molar-refractivity contribution in [3.63, 3.8) is 0 Å². The van der Waals surface area contributed by atoms with Gasteiger partial charge in [-0.25, -0.2) is 4.79 Å². The molecule has 1 saturated heterocycles. The molecule has 0 bridgehead atoms. The Balaban J connectivity index is 1.52. The highest BCUT2D eigenvalue weighted by Gasteiger charge is 2.31. The number of aromatic carboxylic acids is 1. The van der Waals surface area contributed by atoms with Crippen molar-refractivity contribution in [2.24, 2.45) is 0 Å². The molecule has 5 nitrogen and oxygen atoms in total. The van der Waals surface area contributed by atoms with Gasteiger partial charge in [-0.05, 0) is 47.7 Å².